The van der Waals surface area contributed by atoms with Crippen molar-refractivity contribution in [3.63, 3.8) is 0 Å². The van der Waals surface area contributed by atoms with Crippen LogP contribution in [-0.2, 0) is 24.2 Å². The van der Waals surface area contributed by atoms with Crippen molar-refractivity contribution in [1.82, 2.24) is 4.90 Å². The minimum Gasteiger partial charge on any atom is -0.481 e. The molecule has 132 valence electrons. The summed E-state index contributed by atoms with van der Waals surface area (Å²) in [6.45, 7) is 5.17. The number of hydrogen-bond donors (Lipinski definition) is 0. The molecule has 0 aliphatic heterocycles. The molecule has 0 heterocycles. The Hall–Kier alpha value is -2.29. The molecule has 2 aromatic rings. The van der Waals surface area contributed by atoms with Gasteiger partial charge in [0.05, 0.1) is 0 Å². The van der Waals surface area contributed by atoms with Crippen molar-refractivity contribution in [3.05, 3.63) is 65.2 Å². The van der Waals surface area contributed by atoms with E-state index in [2.05, 4.69) is 18.2 Å². The molecule has 3 nitrogen and oxygen atoms in total. The van der Waals surface area contributed by atoms with E-state index in [9.17, 15) is 4.79 Å². The fourth-order valence-electron chi connectivity index (χ4n) is 3.50. The first kappa shape index (κ1) is 17.5. The van der Waals surface area contributed by atoms with E-state index in [0.717, 1.165) is 24.2 Å². The van der Waals surface area contributed by atoms with Crippen LogP contribution in [0.4, 0.5) is 0 Å². The van der Waals surface area contributed by atoms with Gasteiger partial charge in [0.25, 0.3) is 5.91 Å². The number of rotatable bonds is 6. The molecular weight excluding hydrogens is 310 g/mol. The molecule has 2 aromatic carbocycles. The van der Waals surface area contributed by atoms with Crippen molar-refractivity contribution in [3.8, 4) is 5.75 Å². The minimum atomic E-state index is -0.475. The van der Waals surface area contributed by atoms with Gasteiger partial charge in [0.1, 0.15) is 5.75 Å². The Morgan fingerprint density at radius 1 is 1.08 bits per heavy atom. The molecule has 1 amide bonds. The maximum Gasteiger partial charge on any atom is 0.263 e. The average molecular weight is 337 g/mol. The van der Waals surface area contributed by atoms with Gasteiger partial charge < -0.3 is 9.64 Å². The third kappa shape index (κ3) is 4.22. The summed E-state index contributed by atoms with van der Waals surface area (Å²) in [6, 6.07) is 16.3. The van der Waals surface area contributed by atoms with E-state index in [1.165, 1.54) is 24.0 Å². The lowest BCUT2D eigenvalue weighted by Gasteiger charge is -2.26. The normalized spacial score (nSPS) is 14.5. The zero-order valence-corrected chi connectivity index (χ0v) is 15.2. The van der Waals surface area contributed by atoms with Crippen molar-refractivity contribution in [1.29, 1.82) is 0 Å². The van der Waals surface area contributed by atoms with E-state index in [1.54, 1.807) is 0 Å². The number of likely N-dealkylation sites (N-methyl/N-ethyl adjacent to an activating group) is 1. The number of carbonyl (C=O) groups excluding carboxylic acids is 1. The van der Waals surface area contributed by atoms with Gasteiger partial charge in [-0.15, -0.1) is 0 Å². The zero-order valence-electron chi connectivity index (χ0n) is 15.2. The monoisotopic (exact) mass is 337 g/mol. The summed E-state index contributed by atoms with van der Waals surface area (Å²) >= 11 is 0. The highest BCUT2D eigenvalue weighted by atomic mass is 16.5. The van der Waals surface area contributed by atoms with E-state index in [-0.39, 0.29) is 5.91 Å². The van der Waals surface area contributed by atoms with Crippen LogP contribution in [0.1, 0.15) is 43.4 Å². The molecular formula is C22H27NO2. The number of ether oxygens (including phenoxy) is 1. The highest BCUT2D eigenvalue weighted by Crippen LogP contribution is 2.30. The van der Waals surface area contributed by atoms with Crippen LogP contribution in [0, 0.1) is 0 Å². The van der Waals surface area contributed by atoms with Crippen molar-refractivity contribution in [2.24, 2.45) is 0 Å². The predicted octanol–water partition coefficient (Wildman–Crippen LogP) is 4.38. The molecule has 1 aliphatic carbocycles. The Balaban J connectivity index is 1.69. The number of hydrogen-bond acceptors (Lipinski definition) is 2. The van der Waals surface area contributed by atoms with E-state index >= 15 is 0 Å². The molecule has 0 fully saturated rings. The highest BCUT2D eigenvalue weighted by molar-refractivity contribution is 5.81. The molecule has 0 bridgehead atoms. The molecule has 3 heteroatoms. The summed E-state index contributed by atoms with van der Waals surface area (Å²) in [4.78, 5) is 14.7. The molecule has 1 atom stereocenters. The Labute approximate surface area is 150 Å². The third-order valence-corrected chi connectivity index (χ3v) is 4.91. The first-order chi connectivity index (χ1) is 12.2. The molecule has 0 aromatic heterocycles. The second-order valence-electron chi connectivity index (χ2n) is 6.70. The first-order valence-electron chi connectivity index (χ1n) is 9.29. The Morgan fingerprint density at radius 2 is 1.84 bits per heavy atom. The lowest BCUT2D eigenvalue weighted by Crippen LogP contribution is -2.40. The lowest BCUT2D eigenvalue weighted by atomic mass is 9.91. The second kappa shape index (κ2) is 8.19. The highest BCUT2D eigenvalue weighted by Gasteiger charge is 2.23. The summed E-state index contributed by atoms with van der Waals surface area (Å²) in [5.41, 5.74) is 3.81. The molecule has 1 aliphatic rings. The van der Waals surface area contributed by atoms with Gasteiger partial charge in [-0.2, -0.15) is 0 Å². The molecule has 0 spiro atoms. The van der Waals surface area contributed by atoms with E-state index in [4.69, 9.17) is 4.74 Å². The number of aryl methyl sites for hydroxylation is 1. The van der Waals surface area contributed by atoms with Gasteiger partial charge in [-0.25, -0.2) is 0 Å². The maximum atomic E-state index is 12.9. The van der Waals surface area contributed by atoms with Gasteiger partial charge >= 0.3 is 0 Å². The van der Waals surface area contributed by atoms with Crippen LogP contribution in [0.3, 0.4) is 0 Å². The number of fused-ring (bicyclic) bond motifs is 1. The molecule has 25 heavy (non-hydrogen) atoms. The van der Waals surface area contributed by atoms with Crippen LogP contribution in [0.5, 0.6) is 5.75 Å². The Bertz CT molecular complexity index is 711. The van der Waals surface area contributed by atoms with Gasteiger partial charge in [0, 0.05) is 13.1 Å². The summed E-state index contributed by atoms with van der Waals surface area (Å²) in [5.74, 6) is 0.925. The number of nitrogens with zero attached hydrogens (tertiary/aromatic N) is 1. The summed E-state index contributed by atoms with van der Waals surface area (Å²) in [7, 11) is 0. The molecule has 0 saturated carbocycles. The van der Waals surface area contributed by atoms with Crippen LogP contribution < -0.4 is 4.74 Å². The third-order valence-electron chi connectivity index (χ3n) is 4.91. The van der Waals surface area contributed by atoms with Gasteiger partial charge in [0.15, 0.2) is 6.10 Å². The molecule has 0 unspecified atom stereocenters. The number of amides is 1. The van der Waals surface area contributed by atoms with E-state index in [0.29, 0.717) is 13.1 Å². The SMILES string of the molecule is CCN(Cc1ccccc1)C(=O)[C@@H](C)Oc1cccc2c1CCCC2. The number of carbonyl (C=O) groups is 1. The van der Waals surface area contributed by atoms with Gasteiger partial charge in [-0.1, -0.05) is 42.5 Å². The fourth-order valence-corrected chi connectivity index (χ4v) is 3.50. The molecule has 0 N–H and O–H groups in total. The Morgan fingerprint density at radius 3 is 2.60 bits per heavy atom. The quantitative estimate of drug-likeness (QED) is 0.783. The van der Waals surface area contributed by atoms with Crippen LogP contribution in [0.25, 0.3) is 0 Å². The van der Waals surface area contributed by atoms with Gasteiger partial charge in [-0.05, 0) is 62.3 Å². The first-order valence-corrected chi connectivity index (χ1v) is 9.29. The minimum absolute atomic E-state index is 0.0414. The van der Waals surface area contributed by atoms with Crippen LogP contribution >= 0.6 is 0 Å². The van der Waals surface area contributed by atoms with Crippen LogP contribution in [0.2, 0.25) is 0 Å². The average Bonchev–Trinajstić information content (AvgIpc) is 2.66. The molecule has 0 radical (unpaired) electrons. The second-order valence-corrected chi connectivity index (χ2v) is 6.70. The van der Waals surface area contributed by atoms with Crippen LogP contribution in [-0.4, -0.2) is 23.5 Å². The lowest BCUT2D eigenvalue weighted by molar-refractivity contribution is -0.138. The van der Waals surface area contributed by atoms with Crippen molar-refractivity contribution >= 4 is 5.91 Å². The summed E-state index contributed by atoms with van der Waals surface area (Å²) in [6.07, 6.45) is 4.13. The Kier molecular flexibility index (Phi) is 5.75. The zero-order chi connectivity index (χ0) is 17.6. The van der Waals surface area contributed by atoms with Crippen LogP contribution in [0.15, 0.2) is 48.5 Å². The fraction of sp³-hybridized carbons (Fsp3) is 0.409. The number of benzene rings is 2. The van der Waals surface area contributed by atoms with Crippen molar-refractivity contribution < 1.29 is 9.53 Å². The van der Waals surface area contributed by atoms with E-state index < -0.39 is 6.10 Å². The molecule has 0 saturated heterocycles. The molecule has 3 rings (SSSR count). The maximum absolute atomic E-state index is 12.9. The van der Waals surface area contributed by atoms with Gasteiger partial charge in [0.2, 0.25) is 0 Å². The van der Waals surface area contributed by atoms with E-state index in [1.807, 2.05) is 49.1 Å². The largest absolute Gasteiger partial charge is 0.481 e. The summed E-state index contributed by atoms with van der Waals surface area (Å²) in [5, 5.41) is 0. The van der Waals surface area contributed by atoms with Crippen molar-refractivity contribution in [2.75, 3.05) is 6.54 Å². The predicted molar refractivity (Wildman–Crippen MR) is 101 cm³/mol. The smallest absolute Gasteiger partial charge is 0.263 e. The summed E-state index contributed by atoms with van der Waals surface area (Å²) < 4.78 is 6.10. The van der Waals surface area contributed by atoms with Crippen molar-refractivity contribution in [2.45, 2.75) is 52.2 Å². The van der Waals surface area contributed by atoms with Gasteiger partial charge in [-0.3, -0.25) is 4.79 Å². The standard InChI is InChI=1S/C22H27NO2/c1-3-23(16-18-10-5-4-6-11-18)22(24)17(2)25-21-15-9-13-19-12-7-8-14-20(19)21/h4-6,9-11,13,15,17H,3,7-8,12,14,16H2,1-2H3/t17-/m1/s1. The topological polar surface area (TPSA) is 29.5 Å².